The van der Waals surface area contributed by atoms with E-state index < -0.39 is 0 Å². The molecule has 2 aromatic heterocycles. The first-order chi connectivity index (χ1) is 12.7. The number of hydrogen-bond acceptors (Lipinski definition) is 3. The summed E-state index contributed by atoms with van der Waals surface area (Å²) in [5.41, 5.74) is 12.5. The standard InChI is InChI=1S/C20H26N4.C2H6/c1-5-8-15(4)14-23-18-12-17(16(7-3)9-6-2)19(13-21)24-11-10-22-20(18)24;1-2/h5-12,23H,1,13-14,21H2,2-4H3;1-2H3/b9-6-,15-8+,16-7+;. The maximum absolute atomic E-state index is 6.04. The van der Waals surface area contributed by atoms with Crippen LogP contribution in [0, 0.1) is 0 Å². The van der Waals surface area contributed by atoms with E-state index in [1.807, 2.05) is 46.0 Å². The smallest absolute Gasteiger partial charge is 0.160 e. The molecule has 0 saturated carbocycles. The van der Waals surface area contributed by atoms with Crippen molar-refractivity contribution in [3.05, 3.63) is 72.2 Å². The van der Waals surface area contributed by atoms with Gasteiger partial charge in [-0.15, -0.1) is 0 Å². The van der Waals surface area contributed by atoms with Crippen molar-refractivity contribution in [1.82, 2.24) is 9.38 Å². The highest BCUT2D eigenvalue weighted by Gasteiger charge is 2.13. The van der Waals surface area contributed by atoms with Crippen LogP contribution in [-0.2, 0) is 6.54 Å². The van der Waals surface area contributed by atoms with Crippen molar-refractivity contribution in [1.29, 1.82) is 0 Å². The lowest BCUT2D eigenvalue weighted by atomic mass is 10.0. The third kappa shape index (κ3) is 4.96. The number of rotatable bonds is 7. The van der Waals surface area contributed by atoms with Gasteiger partial charge in [0, 0.05) is 36.7 Å². The van der Waals surface area contributed by atoms with Crippen LogP contribution in [-0.4, -0.2) is 15.9 Å². The summed E-state index contributed by atoms with van der Waals surface area (Å²) in [6.07, 6.45) is 13.8. The van der Waals surface area contributed by atoms with E-state index >= 15 is 0 Å². The Kier molecular flexibility index (Phi) is 9.17. The van der Waals surface area contributed by atoms with Gasteiger partial charge in [-0.25, -0.2) is 4.98 Å². The van der Waals surface area contributed by atoms with E-state index in [4.69, 9.17) is 5.73 Å². The summed E-state index contributed by atoms with van der Waals surface area (Å²) < 4.78 is 2.07. The van der Waals surface area contributed by atoms with E-state index in [1.54, 1.807) is 12.3 Å². The molecule has 0 amide bonds. The van der Waals surface area contributed by atoms with Crippen molar-refractivity contribution >= 4 is 16.9 Å². The number of pyridine rings is 1. The third-order valence-electron chi connectivity index (χ3n) is 3.89. The molecule has 2 rings (SSSR count). The number of imidazole rings is 1. The average Bonchev–Trinajstić information content (AvgIpc) is 3.15. The Morgan fingerprint density at radius 1 is 1.35 bits per heavy atom. The lowest BCUT2D eigenvalue weighted by Crippen LogP contribution is -2.11. The quantitative estimate of drug-likeness (QED) is 0.661. The Balaban J connectivity index is 0.00000163. The normalized spacial score (nSPS) is 12.2. The topological polar surface area (TPSA) is 55.3 Å². The summed E-state index contributed by atoms with van der Waals surface area (Å²) >= 11 is 0. The number of nitrogens with one attached hydrogen (secondary N) is 1. The van der Waals surface area contributed by atoms with Gasteiger partial charge in [-0.2, -0.15) is 0 Å². The number of anilines is 1. The van der Waals surface area contributed by atoms with E-state index in [9.17, 15) is 0 Å². The van der Waals surface area contributed by atoms with Crippen LogP contribution in [0.15, 0.2) is 61.0 Å². The predicted octanol–water partition coefficient (Wildman–Crippen LogP) is 5.34. The molecule has 26 heavy (non-hydrogen) atoms. The van der Waals surface area contributed by atoms with E-state index in [0.29, 0.717) is 6.54 Å². The fourth-order valence-electron chi connectivity index (χ4n) is 2.75. The van der Waals surface area contributed by atoms with Gasteiger partial charge < -0.3 is 15.5 Å². The molecular weight excluding hydrogens is 320 g/mol. The summed E-state index contributed by atoms with van der Waals surface area (Å²) in [6, 6.07) is 2.14. The summed E-state index contributed by atoms with van der Waals surface area (Å²) in [7, 11) is 0. The van der Waals surface area contributed by atoms with Gasteiger partial charge in [0.15, 0.2) is 5.65 Å². The molecule has 4 nitrogen and oxygen atoms in total. The highest BCUT2D eigenvalue weighted by atomic mass is 15.0. The molecule has 2 heterocycles. The largest absolute Gasteiger partial charge is 0.378 e. The lowest BCUT2D eigenvalue weighted by Gasteiger charge is -2.16. The van der Waals surface area contributed by atoms with Gasteiger partial charge in [0.05, 0.1) is 5.69 Å². The SMILES string of the molecule is C=C/C=C(\C)CNc1cc(C(/C=C\C)=C/C)c(CN)n2ccnc12.CC. The molecule has 2 aromatic rings. The lowest BCUT2D eigenvalue weighted by molar-refractivity contribution is 0.938. The summed E-state index contributed by atoms with van der Waals surface area (Å²) in [5.74, 6) is 0. The Morgan fingerprint density at radius 2 is 2.08 bits per heavy atom. The number of nitrogens with two attached hydrogens (primary N) is 1. The molecule has 4 heteroatoms. The molecule has 0 aromatic carbocycles. The van der Waals surface area contributed by atoms with E-state index in [1.165, 1.54) is 5.57 Å². The molecule has 0 aliphatic rings. The van der Waals surface area contributed by atoms with Crippen molar-refractivity contribution in [3.63, 3.8) is 0 Å². The van der Waals surface area contributed by atoms with Crippen LogP contribution >= 0.6 is 0 Å². The zero-order valence-electron chi connectivity index (χ0n) is 16.7. The van der Waals surface area contributed by atoms with Crippen LogP contribution < -0.4 is 11.1 Å². The molecular formula is C22H32N4. The van der Waals surface area contributed by atoms with Gasteiger partial charge in [-0.05, 0) is 32.4 Å². The van der Waals surface area contributed by atoms with Gasteiger partial charge in [-0.1, -0.05) is 56.4 Å². The molecule has 0 radical (unpaired) electrons. The molecule has 0 saturated heterocycles. The molecule has 140 valence electrons. The van der Waals surface area contributed by atoms with Gasteiger partial charge in [-0.3, -0.25) is 0 Å². The third-order valence-corrected chi connectivity index (χ3v) is 3.89. The Hall–Kier alpha value is -2.59. The van der Waals surface area contributed by atoms with E-state index in [2.05, 4.69) is 46.4 Å². The fourth-order valence-corrected chi connectivity index (χ4v) is 2.75. The second-order valence-electron chi connectivity index (χ2n) is 5.59. The maximum Gasteiger partial charge on any atom is 0.160 e. The number of fused-ring (bicyclic) bond motifs is 1. The van der Waals surface area contributed by atoms with Gasteiger partial charge in [0.2, 0.25) is 0 Å². The second kappa shape index (κ2) is 11.1. The van der Waals surface area contributed by atoms with Crippen molar-refractivity contribution in [3.8, 4) is 0 Å². The first-order valence-corrected chi connectivity index (χ1v) is 9.16. The van der Waals surface area contributed by atoms with Gasteiger partial charge >= 0.3 is 0 Å². The fraction of sp³-hybridized carbons (Fsp3) is 0.318. The maximum atomic E-state index is 6.04. The number of allylic oxidation sites excluding steroid dienone is 6. The number of aromatic nitrogens is 2. The highest BCUT2D eigenvalue weighted by Crippen LogP contribution is 2.28. The predicted molar refractivity (Wildman–Crippen MR) is 115 cm³/mol. The zero-order valence-corrected chi connectivity index (χ0v) is 16.7. The van der Waals surface area contributed by atoms with Crippen LogP contribution in [0.4, 0.5) is 5.69 Å². The van der Waals surface area contributed by atoms with E-state index in [0.717, 1.165) is 34.7 Å². The molecule has 0 atom stereocenters. The van der Waals surface area contributed by atoms with Crippen molar-refractivity contribution < 1.29 is 0 Å². The molecule has 0 bridgehead atoms. The van der Waals surface area contributed by atoms with Crippen LogP contribution in [0.2, 0.25) is 0 Å². The average molecular weight is 353 g/mol. The van der Waals surface area contributed by atoms with Crippen LogP contribution in [0.5, 0.6) is 0 Å². The highest BCUT2D eigenvalue weighted by molar-refractivity contribution is 5.81. The van der Waals surface area contributed by atoms with Crippen molar-refractivity contribution in [2.45, 2.75) is 41.2 Å². The molecule has 0 unspecified atom stereocenters. The Labute approximate surface area is 157 Å². The number of nitrogens with zero attached hydrogens (tertiary/aromatic N) is 2. The molecule has 0 spiro atoms. The molecule has 0 aliphatic heterocycles. The van der Waals surface area contributed by atoms with Crippen LogP contribution in [0.25, 0.3) is 11.2 Å². The number of hydrogen-bond donors (Lipinski definition) is 2. The monoisotopic (exact) mass is 352 g/mol. The van der Waals surface area contributed by atoms with Crippen LogP contribution in [0.1, 0.15) is 45.9 Å². The minimum Gasteiger partial charge on any atom is -0.378 e. The molecule has 0 aliphatic carbocycles. The first kappa shape index (κ1) is 21.5. The van der Waals surface area contributed by atoms with Gasteiger partial charge in [0.25, 0.3) is 0 Å². The zero-order chi connectivity index (χ0) is 19.5. The summed E-state index contributed by atoms with van der Waals surface area (Å²) in [5, 5.41) is 3.48. The Morgan fingerprint density at radius 3 is 2.65 bits per heavy atom. The minimum atomic E-state index is 0.451. The van der Waals surface area contributed by atoms with Crippen LogP contribution in [0.3, 0.4) is 0 Å². The van der Waals surface area contributed by atoms with E-state index in [-0.39, 0.29) is 0 Å². The van der Waals surface area contributed by atoms with Gasteiger partial charge in [0.1, 0.15) is 0 Å². The Bertz CT molecular complexity index is 807. The first-order valence-electron chi connectivity index (χ1n) is 9.16. The van der Waals surface area contributed by atoms with Crippen molar-refractivity contribution in [2.24, 2.45) is 5.73 Å². The summed E-state index contributed by atoms with van der Waals surface area (Å²) in [4.78, 5) is 4.49. The minimum absolute atomic E-state index is 0.451. The van der Waals surface area contributed by atoms with Crippen molar-refractivity contribution in [2.75, 3.05) is 11.9 Å². The molecule has 3 N–H and O–H groups in total. The molecule has 0 fully saturated rings. The summed E-state index contributed by atoms with van der Waals surface area (Å²) in [6.45, 7) is 15.1. The second-order valence-corrected chi connectivity index (χ2v) is 5.59.